The Morgan fingerprint density at radius 1 is 1.71 bits per heavy atom. The summed E-state index contributed by atoms with van der Waals surface area (Å²) in [6, 6.07) is 1.41. The van der Waals surface area contributed by atoms with Gasteiger partial charge in [0.15, 0.2) is 5.69 Å². The summed E-state index contributed by atoms with van der Waals surface area (Å²) in [7, 11) is 1.51. The molecule has 0 spiro atoms. The van der Waals surface area contributed by atoms with Gasteiger partial charge in [0.05, 0.1) is 0 Å². The first-order valence-corrected chi connectivity index (χ1v) is 3.82. The number of carbonyl (C=O) groups excluding carboxylic acids is 2. The molecule has 14 heavy (non-hydrogen) atoms. The van der Waals surface area contributed by atoms with E-state index in [1.807, 2.05) is 0 Å². The Hall–Kier alpha value is -1.89. The summed E-state index contributed by atoms with van der Waals surface area (Å²) in [6.07, 6.45) is 1.49. The number of nitrogens with one attached hydrogen (secondary N) is 1. The van der Waals surface area contributed by atoms with Crippen molar-refractivity contribution in [1.82, 2.24) is 15.1 Å². The van der Waals surface area contributed by atoms with Gasteiger partial charge in [-0.2, -0.15) is 11.0 Å². The second-order valence-corrected chi connectivity index (χ2v) is 2.48. The Morgan fingerprint density at radius 2 is 2.43 bits per heavy atom. The van der Waals surface area contributed by atoms with Crippen LogP contribution in [0.3, 0.4) is 0 Å². The van der Waals surface area contributed by atoms with E-state index in [1.165, 1.54) is 24.0 Å². The van der Waals surface area contributed by atoms with Crippen LogP contribution in [0.2, 0.25) is 0 Å². The molecule has 7 heteroatoms. The van der Waals surface area contributed by atoms with Gasteiger partial charge in [0.1, 0.15) is 6.54 Å². The van der Waals surface area contributed by atoms with Crippen LogP contribution in [0.15, 0.2) is 12.3 Å². The monoisotopic (exact) mass is 198 g/mol. The first-order chi connectivity index (χ1) is 6.67. The number of likely N-dealkylation sites (N-methyl/N-ethyl adjacent to an activating group) is 1. The molecule has 1 heterocycles. The lowest BCUT2D eigenvalue weighted by atomic mass is 10.4. The van der Waals surface area contributed by atoms with Gasteiger partial charge in [-0.3, -0.25) is 9.48 Å². The Bertz CT molecular complexity index is 346. The average Bonchev–Trinajstić information content (AvgIpc) is 2.65. The molecule has 0 radical (unpaired) electrons. The zero-order valence-electron chi connectivity index (χ0n) is 7.56. The fraction of sp³-hybridized carbons (Fsp3) is 0.286. The maximum absolute atomic E-state index is 10.9. The molecule has 7 nitrogen and oxygen atoms in total. The molecular weight excluding hydrogens is 188 g/mol. The van der Waals surface area contributed by atoms with Crippen molar-refractivity contribution in [2.75, 3.05) is 7.05 Å². The number of nitrogens with zero attached hydrogens (tertiary/aromatic N) is 2. The summed E-state index contributed by atoms with van der Waals surface area (Å²) in [5.41, 5.74) is 0.0661. The SMILES string of the molecule is CNC(=O)Cn1ccc(C(=O)ON)n1. The van der Waals surface area contributed by atoms with Crippen LogP contribution in [-0.2, 0) is 16.2 Å². The summed E-state index contributed by atoms with van der Waals surface area (Å²) in [4.78, 5) is 25.7. The summed E-state index contributed by atoms with van der Waals surface area (Å²) < 4.78 is 1.31. The molecule has 0 fully saturated rings. The van der Waals surface area contributed by atoms with Gasteiger partial charge in [0, 0.05) is 13.2 Å². The fourth-order valence-corrected chi connectivity index (χ4v) is 0.845. The minimum Gasteiger partial charge on any atom is -0.368 e. The molecule has 0 aliphatic carbocycles. The van der Waals surface area contributed by atoms with Gasteiger partial charge < -0.3 is 10.2 Å². The van der Waals surface area contributed by atoms with E-state index in [4.69, 9.17) is 0 Å². The number of rotatable bonds is 3. The Balaban J connectivity index is 2.68. The second-order valence-electron chi connectivity index (χ2n) is 2.48. The molecule has 0 unspecified atom stereocenters. The molecule has 0 aromatic carbocycles. The van der Waals surface area contributed by atoms with Crippen molar-refractivity contribution in [3.8, 4) is 0 Å². The predicted octanol–water partition coefficient (Wildman–Crippen LogP) is -1.34. The van der Waals surface area contributed by atoms with Crippen molar-refractivity contribution in [1.29, 1.82) is 0 Å². The van der Waals surface area contributed by atoms with Gasteiger partial charge in [-0.05, 0) is 6.07 Å². The van der Waals surface area contributed by atoms with E-state index in [2.05, 4.69) is 21.2 Å². The maximum Gasteiger partial charge on any atom is 0.377 e. The van der Waals surface area contributed by atoms with Crippen LogP contribution in [0.25, 0.3) is 0 Å². The van der Waals surface area contributed by atoms with Gasteiger partial charge in [-0.1, -0.05) is 0 Å². The van der Waals surface area contributed by atoms with E-state index >= 15 is 0 Å². The van der Waals surface area contributed by atoms with E-state index in [9.17, 15) is 9.59 Å². The van der Waals surface area contributed by atoms with E-state index in [-0.39, 0.29) is 18.1 Å². The van der Waals surface area contributed by atoms with Gasteiger partial charge in [-0.15, -0.1) is 0 Å². The molecule has 0 aliphatic rings. The molecule has 76 valence electrons. The third-order valence-corrected chi connectivity index (χ3v) is 1.54. The summed E-state index contributed by atoms with van der Waals surface area (Å²) >= 11 is 0. The molecule has 0 saturated heterocycles. The highest BCUT2D eigenvalue weighted by molar-refractivity contribution is 5.86. The van der Waals surface area contributed by atoms with Crippen molar-refractivity contribution in [2.24, 2.45) is 5.90 Å². The Morgan fingerprint density at radius 3 is 3.00 bits per heavy atom. The third kappa shape index (κ3) is 2.30. The highest BCUT2D eigenvalue weighted by Crippen LogP contribution is 1.96. The smallest absolute Gasteiger partial charge is 0.368 e. The van der Waals surface area contributed by atoms with Crippen molar-refractivity contribution < 1.29 is 14.4 Å². The second kappa shape index (κ2) is 4.38. The molecule has 1 amide bonds. The quantitative estimate of drug-likeness (QED) is 0.585. The zero-order valence-corrected chi connectivity index (χ0v) is 7.56. The molecular formula is C7H10N4O3. The highest BCUT2D eigenvalue weighted by atomic mass is 16.7. The van der Waals surface area contributed by atoms with Crippen LogP contribution < -0.4 is 11.2 Å². The van der Waals surface area contributed by atoms with E-state index in [0.717, 1.165) is 0 Å². The van der Waals surface area contributed by atoms with Crippen LogP contribution in [0, 0.1) is 0 Å². The maximum atomic E-state index is 10.9. The zero-order chi connectivity index (χ0) is 10.6. The van der Waals surface area contributed by atoms with Gasteiger partial charge in [0.2, 0.25) is 5.91 Å². The van der Waals surface area contributed by atoms with E-state index in [0.29, 0.717) is 0 Å². The first kappa shape index (κ1) is 10.2. The molecule has 1 rings (SSSR count). The lowest BCUT2D eigenvalue weighted by Crippen LogP contribution is -2.24. The van der Waals surface area contributed by atoms with Crippen LogP contribution in [0.4, 0.5) is 0 Å². The largest absolute Gasteiger partial charge is 0.377 e. The summed E-state index contributed by atoms with van der Waals surface area (Å²) in [5.74, 6) is 3.72. The number of carbonyl (C=O) groups is 2. The molecule has 0 saturated carbocycles. The normalized spacial score (nSPS) is 9.57. The van der Waals surface area contributed by atoms with E-state index in [1.54, 1.807) is 0 Å². The first-order valence-electron chi connectivity index (χ1n) is 3.82. The van der Waals surface area contributed by atoms with Gasteiger partial charge >= 0.3 is 5.97 Å². The summed E-state index contributed by atoms with van der Waals surface area (Å²) in [6.45, 7) is 0.0500. The minimum absolute atomic E-state index is 0.0500. The van der Waals surface area contributed by atoms with Crippen molar-refractivity contribution in [2.45, 2.75) is 6.54 Å². The molecule has 3 N–H and O–H groups in total. The lowest BCUT2D eigenvalue weighted by Gasteiger charge is -1.98. The van der Waals surface area contributed by atoms with Gasteiger partial charge in [0.25, 0.3) is 0 Å². The number of aromatic nitrogens is 2. The number of hydrogen-bond donors (Lipinski definition) is 2. The molecule has 1 aromatic rings. The fourth-order valence-electron chi connectivity index (χ4n) is 0.845. The minimum atomic E-state index is -0.736. The topological polar surface area (TPSA) is 99.2 Å². The average molecular weight is 198 g/mol. The van der Waals surface area contributed by atoms with E-state index < -0.39 is 5.97 Å². The molecule has 0 bridgehead atoms. The standard InChI is InChI=1S/C7H10N4O3/c1-9-6(12)4-11-3-2-5(10-11)7(13)14-8/h2-3H,4,8H2,1H3,(H,9,12). The van der Waals surface area contributed by atoms with Crippen molar-refractivity contribution in [3.05, 3.63) is 18.0 Å². The third-order valence-electron chi connectivity index (χ3n) is 1.54. The Labute approximate surface area is 79.8 Å². The Kier molecular flexibility index (Phi) is 3.19. The molecule has 0 atom stereocenters. The van der Waals surface area contributed by atoms with Gasteiger partial charge in [-0.25, -0.2) is 4.79 Å². The van der Waals surface area contributed by atoms with Crippen LogP contribution in [0.1, 0.15) is 10.5 Å². The molecule has 0 aliphatic heterocycles. The van der Waals surface area contributed by atoms with Crippen molar-refractivity contribution >= 4 is 11.9 Å². The van der Waals surface area contributed by atoms with Crippen molar-refractivity contribution in [3.63, 3.8) is 0 Å². The van der Waals surface area contributed by atoms with Crippen LogP contribution in [-0.4, -0.2) is 28.7 Å². The number of amides is 1. The summed E-state index contributed by atoms with van der Waals surface area (Å²) in [5, 5.41) is 6.20. The number of hydrogen-bond acceptors (Lipinski definition) is 5. The van der Waals surface area contributed by atoms with Crippen LogP contribution in [0.5, 0.6) is 0 Å². The predicted molar refractivity (Wildman–Crippen MR) is 45.9 cm³/mol. The molecule has 1 aromatic heterocycles. The highest BCUT2D eigenvalue weighted by Gasteiger charge is 2.10. The lowest BCUT2D eigenvalue weighted by molar-refractivity contribution is -0.121. The van der Waals surface area contributed by atoms with Crippen LogP contribution >= 0.6 is 0 Å². The number of nitrogens with two attached hydrogens (primary N) is 1.